The van der Waals surface area contributed by atoms with Crippen LogP contribution in [0, 0.1) is 0 Å². The van der Waals surface area contributed by atoms with Crippen LogP contribution >= 0.6 is 0 Å². The predicted molar refractivity (Wildman–Crippen MR) is 66.6 cm³/mol. The Balaban J connectivity index is 2.87. The second kappa shape index (κ2) is 6.37. The van der Waals surface area contributed by atoms with Crippen LogP contribution in [0.15, 0.2) is 6.07 Å². The van der Waals surface area contributed by atoms with Gasteiger partial charge in [-0.3, -0.25) is 4.79 Å². The Morgan fingerprint density at radius 1 is 1.40 bits per heavy atom. The lowest BCUT2D eigenvalue weighted by molar-refractivity contribution is -0.144. The normalized spacial score (nSPS) is 11.1. The number of likely N-dealkylation sites (N-methyl/N-ethyl adjacent to an activating group) is 1. The SMILES string of the molecule is CCN(C)C(=O)CNc1cc(NN)nc(C(F)(F)F)n1. The summed E-state index contributed by atoms with van der Waals surface area (Å²) in [7, 11) is 1.58. The number of alkyl halides is 3. The Hall–Kier alpha value is -2.10. The van der Waals surface area contributed by atoms with Gasteiger partial charge in [-0.15, -0.1) is 0 Å². The number of nitrogens with zero attached hydrogens (tertiary/aromatic N) is 3. The van der Waals surface area contributed by atoms with E-state index in [0.717, 1.165) is 0 Å². The number of aromatic nitrogens is 2. The molecule has 0 aliphatic carbocycles. The molecule has 0 saturated heterocycles. The minimum atomic E-state index is -4.70. The van der Waals surface area contributed by atoms with Crippen LogP contribution in [0.3, 0.4) is 0 Å². The lowest BCUT2D eigenvalue weighted by Crippen LogP contribution is -2.32. The highest BCUT2D eigenvalue weighted by atomic mass is 19.4. The standard InChI is InChI=1S/C10H15F3N6O/c1-3-19(2)8(20)5-15-6-4-7(18-14)17-9(16-6)10(11,12)13/h4H,3,5,14H2,1-2H3,(H2,15,16,17,18). The number of carbonyl (C=O) groups excluding carboxylic acids is 1. The summed E-state index contributed by atoms with van der Waals surface area (Å²) in [6, 6.07) is 1.18. The van der Waals surface area contributed by atoms with Gasteiger partial charge in [0.05, 0.1) is 6.54 Å². The number of halogens is 3. The highest BCUT2D eigenvalue weighted by Gasteiger charge is 2.35. The summed E-state index contributed by atoms with van der Waals surface area (Å²) < 4.78 is 37.7. The first kappa shape index (κ1) is 16.0. The van der Waals surface area contributed by atoms with Gasteiger partial charge >= 0.3 is 6.18 Å². The average Bonchev–Trinajstić information content (AvgIpc) is 2.42. The molecule has 112 valence electrons. The molecule has 0 aliphatic heterocycles. The van der Waals surface area contributed by atoms with E-state index in [1.54, 1.807) is 14.0 Å². The van der Waals surface area contributed by atoms with Crippen LogP contribution in [0.25, 0.3) is 0 Å². The molecule has 0 aliphatic rings. The molecule has 20 heavy (non-hydrogen) atoms. The molecule has 1 heterocycles. The molecule has 0 saturated carbocycles. The number of anilines is 2. The number of nitrogens with two attached hydrogens (primary N) is 1. The van der Waals surface area contributed by atoms with E-state index < -0.39 is 12.0 Å². The monoisotopic (exact) mass is 292 g/mol. The molecule has 1 aromatic rings. The summed E-state index contributed by atoms with van der Waals surface area (Å²) in [4.78, 5) is 19.4. The maximum Gasteiger partial charge on any atom is 0.451 e. The zero-order valence-corrected chi connectivity index (χ0v) is 11.0. The zero-order valence-electron chi connectivity index (χ0n) is 11.0. The topological polar surface area (TPSA) is 96.2 Å². The van der Waals surface area contributed by atoms with Crippen LogP contribution in [0.2, 0.25) is 0 Å². The van der Waals surface area contributed by atoms with Crippen LogP contribution in [-0.4, -0.2) is 40.9 Å². The minimum absolute atomic E-state index is 0.141. The largest absolute Gasteiger partial charge is 0.451 e. The highest BCUT2D eigenvalue weighted by molar-refractivity contribution is 5.80. The Morgan fingerprint density at radius 2 is 2.00 bits per heavy atom. The molecule has 0 bridgehead atoms. The van der Waals surface area contributed by atoms with E-state index in [4.69, 9.17) is 5.84 Å². The minimum Gasteiger partial charge on any atom is -0.361 e. The zero-order chi connectivity index (χ0) is 15.3. The molecule has 0 atom stereocenters. The lowest BCUT2D eigenvalue weighted by atomic mass is 10.4. The Kier molecular flexibility index (Phi) is 5.08. The van der Waals surface area contributed by atoms with Gasteiger partial charge in [0, 0.05) is 19.7 Å². The molecule has 0 unspecified atom stereocenters. The van der Waals surface area contributed by atoms with Gasteiger partial charge in [-0.25, -0.2) is 15.8 Å². The van der Waals surface area contributed by atoms with Crippen molar-refractivity contribution in [3.63, 3.8) is 0 Å². The van der Waals surface area contributed by atoms with Crippen molar-refractivity contribution in [1.82, 2.24) is 14.9 Å². The Labute approximate surface area is 113 Å². The molecule has 4 N–H and O–H groups in total. The second-order valence-electron chi connectivity index (χ2n) is 3.87. The van der Waals surface area contributed by atoms with Gasteiger partial charge in [0.2, 0.25) is 11.7 Å². The van der Waals surface area contributed by atoms with Crippen molar-refractivity contribution in [3.05, 3.63) is 11.9 Å². The fourth-order valence-electron chi connectivity index (χ4n) is 1.22. The van der Waals surface area contributed by atoms with Crippen LogP contribution in [0.4, 0.5) is 24.8 Å². The molecule has 0 fully saturated rings. The number of nitrogens with one attached hydrogen (secondary N) is 2. The van der Waals surface area contributed by atoms with Crippen molar-refractivity contribution in [2.24, 2.45) is 5.84 Å². The maximum atomic E-state index is 12.6. The van der Waals surface area contributed by atoms with Gasteiger partial charge in [-0.2, -0.15) is 13.2 Å². The summed E-state index contributed by atoms with van der Waals surface area (Å²) in [5, 5.41) is 2.51. The molecule has 0 spiro atoms. The quantitative estimate of drug-likeness (QED) is 0.545. The third kappa shape index (κ3) is 4.23. The maximum absolute atomic E-state index is 12.6. The number of hydrogen-bond donors (Lipinski definition) is 3. The summed E-state index contributed by atoms with van der Waals surface area (Å²) in [5.41, 5.74) is 2.01. The number of amides is 1. The fourth-order valence-corrected chi connectivity index (χ4v) is 1.22. The fraction of sp³-hybridized carbons (Fsp3) is 0.500. The van der Waals surface area contributed by atoms with E-state index in [0.29, 0.717) is 6.54 Å². The molecule has 7 nitrogen and oxygen atoms in total. The van der Waals surface area contributed by atoms with Crippen molar-refractivity contribution >= 4 is 17.5 Å². The van der Waals surface area contributed by atoms with E-state index >= 15 is 0 Å². The third-order valence-electron chi connectivity index (χ3n) is 2.45. The molecular weight excluding hydrogens is 277 g/mol. The van der Waals surface area contributed by atoms with Crippen molar-refractivity contribution in [3.8, 4) is 0 Å². The summed E-state index contributed by atoms with van der Waals surface area (Å²) >= 11 is 0. The Morgan fingerprint density at radius 3 is 2.50 bits per heavy atom. The first-order valence-corrected chi connectivity index (χ1v) is 5.68. The smallest absolute Gasteiger partial charge is 0.361 e. The van der Waals surface area contributed by atoms with Crippen molar-refractivity contribution in [2.45, 2.75) is 13.1 Å². The molecule has 0 aromatic carbocycles. The second-order valence-corrected chi connectivity index (χ2v) is 3.87. The number of hydrazine groups is 1. The first-order chi connectivity index (χ1) is 9.27. The van der Waals surface area contributed by atoms with Gasteiger partial charge in [0.1, 0.15) is 11.6 Å². The lowest BCUT2D eigenvalue weighted by Gasteiger charge is -2.15. The number of rotatable bonds is 5. The molecular formula is C10H15F3N6O. The van der Waals surface area contributed by atoms with Crippen LogP contribution < -0.4 is 16.6 Å². The third-order valence-corrected chi connectivity index (χ3v) is 2.45. The molecule has 1 amide bonds. The van der Waals surface area contributed by atoms with Gasteiger partial charge in [0.15, 0.2) is 0 Å². The van der Waals surface area contributed by atoms with E-state index in [2.05, 4.69) is 15.3 Å². The van der Waals surface area contributed by atoms with Crippen LogP contribution in [-0.2, 0) is 11.0 Å². The van der Waals surface area contributed by atoms with Gasteiger partial charge in [-0.1, -0.05) is 0 Å². The average molecular weight is 292 g/mol. The molecule has 10 heteroatoms. The van der Waals surface area contributed by atoms with E-state index in [1.165, 1.54) is 11.0 Å². The predicted octanol–water partition coefficient (Wildman–Crippen LogP) is 0.671. The Bertz CT molecular complexity index is 479. The number of carbonyl (C=O) groups is 1. The number of nitrogen functional groups attached to an aromatic ring is 1. The van der Waals surface area contributed by atoms with E-state index in [9.17, 15) is 18.0 Å². The molecule has 1 rings (SSSR count). The van der Waals surface area contributed by atoms with E-state index in [-0.39, 0.29) is 24.1 Å². The van der Waals surface area contributed by atoms with Crippen LogP contribution in [0.5, 0.6) is 0 Å². The summed E-state index contributed by atoms with van der Waals surface area (Å²) in [5.74, 6) is 3.09. The van der Waals surface area contributed by atoms with Crippen molar-refractivity contribution in [2.75, 3.05) is 30.9 Å². The summed E-state index contributed by atoms with van der Waals surface area (Å²) in [6.45, 7) is 2.09. The van der Waals surface area contributed by atoms with E-state index in [1.807, 2.05) is 5.43 Å². The molecule has 0 radical (unpaired) electrons. The van der Waals surface area contributed by atoms with Crippen molar-refractivity contribution in [1.29, 1.82) is 0 Å². The van der Waals surface area contributed by atoms with Gasteiger partial charge in [0.25, 0.3) is 0 Å². The van der Waals surface area contributed by atoms with Crippen LogP contribution in [0.1, 0.15) is 12.7 Å². The summed E-state index contributed by atoms with van der Waals surface area (Å²) in [6.07, 6.45) is -4.70. The first-order valence-electron chi connectivity index (χ1n) is 5.68. The number of hydrogen-bond acceptors (Lipinski definition) is 6. The van der Waals surface area contributed by atoms with Crippen molar-refractivity contribution < 1.29 is 18.0 Å². The molecule has 1 aromatic heterocycles. The van der Waals surface area contributed by atoms with Gasteiger partial charge < -0.3 is 15.6 Å². The highest BCUT2D eigenvalue weighted by Crippen LogP contribution is 2.28. The van der Waals surface area contributed by atoms with Gasteiger partial charge in [-0.05, 0) is 6.92 Å².